The Morgan fingerprint density at radius 3 is 2.62 bits per heavy atom. The van der Waals surface area contributed by atoms with Gasteiger partial charge in [-0.2, -0.15) is 4.98 Å². The molecule has 1 aliphatic heterocycles. The van der Waals surface area contributed by atoms with E-state index < -0.39 is 17.7 Å². The van der Waals surface area contributed by atoms with Crippen molar-refractivity contribution in [1.82, 2.24) is 19.5 Å². The third-order valence-corrected chi connectivity index (χ3v) is 4.55. The molecule has 1 saturated heterocycles. The molecular formula is C17H22F2N6O. The van der Waals surface area contributed by atoms with Crippen LogP contribution in [0.3, 0.4) is 0 Å². The number of piperidine rings is 1. The molecule has 3 rings (SSSR count). The first-order chi connectivity index (χ1) is 12.4. The minimum absolute atomic E-state index is 0.304. The van der Waals surface area contributed by atoms with E-state index in [1.165, 1.54) is 10.9 Å². The van der Waals surface area contributed by atoms with Gasteiger partial charge in [0.05, 0.1) is 6.33 Å². The first kappa shape index (κ1) is 18.2. The van der Waals surface area contributed by atoms with Gasteiger partial charge in [-0.1, -0.05) is 0 Å². The van der Waals surface area contributed by atoms with Crippen molar-refractivity contribution in [2.75, 3.05) is 37.0 Å². The van der Waals surface area contributed by atoms with Crippen LogP contribution in [0.25, 0.3) is 0 Å². The lowest BCUT2D eigenvalue weighted by atomic mass is 9.96. The number of aromatic nitrogens is 4. The van der Waals surface area contributed by atoms with Crippen LogP contribution < -0.4 is 15.4 Å². The van der Waals surface area contributed by atoms with Gasteiger partial charge in [0.1, 0.15) is 11.5 Å². The molecule has 7 nitrogen and oxygen atoms in total. The average Bonchev–Trinajstić information content (AvgIpc) is 2.64. The zero-order valence-electron chi connectivity index (χ0n) is 14.8. The third kappa shape index (κ3) is 4.14. The number of hydrogen-bond acceptors (Lipinski definition) is 6. The SMILES string of the molecule is CN(C)c1nccc(N2CCC(Cn3cnc(C(F)F)cc3=O)CC2)n1. The molecule has 0 spiro atoms. The first-order valence-electron chi connectivity index (χ1n) is 8.54. The summed E-state index contributed by atoms with van der Waals surface area (Å²) >= 11 is 0. The molecule has 0 aromatic carbocycles. The van der Waals surface area contributed by atoms with E-state index in [9.17, 15) is 13.6 Å². The maximum atomic E-state index is 12.6. The topological polar surface area (TPSA) is 67.2 Å². The highest BCUT2D eigenvalue weighted by atomic mass is 19.3. The Balaban J connectivity index is 1.61. The summed E-state index contributed by atoms with van der Waals surface area (Å²) < 4.78 is 26.6. The van der Waals surface area contributed by atoms with Gasteiger partial charge in [-0.25, -0.2) is 18.7 Å². The Hall–Kier alpha value is -2.58. The lowest BCUT2D eigenvalue weighted by molar-refractivity contribution is 0.145. The van der Waals surface area contributed by atoms with Gasteiger partial charge in [0.15, 0.2) is 0 Å². The van der Waals surface area contributed by atoms with Crippen molar-refractivity contribution in [2.45, 2.75) is 25.8 Å². The van der Waals surface area contributed by atoms with E-state index in [4.69, 9.17) is 0 Å². The molecule has 26 heavy (non-hydrogen) atoms. The molecule has 0 amide bonds. The molecule has 0 bridgehead atoms. The summed E-state index contributed by atoms with van der Waals surface area (Å²) in [6.45, 7) is 2.15. The van der Waals surface area contributed by atoms with E-state index in [1.54, 1.807) is 6.20 Å². The summed E-state index contributed by atoms with van der Waals surface area (Å²) in [6.07, 6.45) is 2.04. The molecule has 0 unspecified atom stereocenters. The van der Waals surface area contributed by atoms with Crippen LogP contribution in [0.1, 0.15) is 25.0 Å². The molecule has 9 heteroatoms. The van der Waals surface area contributed by atoms with E-state index >= 15 is 0 Å². The van der Waals surface area contributed by atoms with Gasteiger partial charge >= 0.3 is 0 Å². The van der Waals surface area contributed by atoms with Crippen molar-refractivity contribution in [3.8, 4) is 0 Å². The van der Waals surface area contributed by atoms with Gasteiger partial charge in [0.2, 0.25) is 5.95 Å². The summed E-state index contributed by atoms with van der Waals surface area (Å²) in [6, 6.07) is 2.81. The number of nitrogens with zero attached hydrogens (tertiary/aromatic N) is 6. The zero-order chi connectivity index (χ0) is 18.7. The van der Waals surface area contributed by atoms with Gasteiger partial charge in [-0.15, -0.1) is 0 Å². The van der Waals surface area contributed by atoms with Gasteiger partial charge in [-0.05, 0) is 24.8 Å². The summed E-state index contributed by atoms with van der Waals surface area (Å²) in [5, 5.41) is 0. The normalized spacial score (nSPS) is 15.5. The monoisotopic (exact) mass is 364 g/mol. The summed E-state index contributed by atoms with van der Waals surface area (Å²) in [4.78, 5) is 28.5. The van der Waals surface area contributed by atoms with Crippen LogP contribution in [0, 0.1) is 5.92 Å². The highest BCUT2D eigenvalue weighted by Crippen LogP contribution is 2.23. The second-order valence-electron chi connectivity index (χ2n) is 6.64. The number of halogens is 2. The van der Waals surface area contributed by atoms with Crippen molar-refractivity contribution in [2.24, 2.45) is 5.92 Å². The number of hydrogen-bond donors (Lipinski definition) is 0. The predicted octanol–water partition coefficient (Wildman–Crippen LogP) is 1.95. The summed E-state index contributed by atoms with van der Waals surface area (Å²) in [5.41, 5.74) is -0.898. The molecule has 3 heterocycles. The molecule has 2 aromatic rings. The predicted molar refractivity (Wildman–Crippen MR) is 94.8 cm³/mol. The van der Waals surface area contributed by atoms with E-state index in [-0.39, 0.29) is 0 Å². The highest BCUT2D eigenvalue weighted by molar-refractivity contribution is 5.43. The Morgan fingerprint density at radius 1 is 1.27 bits per heavy atom. The molecule has 140 valence electrons. The van der Waals surface area contributed by atoms with Crippen molar-refractivity contribution >= 4 is 11.8 Å². The van der Waals surface area contributed by atoms with E-state index in [2.05, 4.69) is 19.9 Å². The van der Waals surface area contributed by atoms with Gasteiger partial charge in [0.25, 0.3) is 12.0 Å². The van der Waals surface area contributed by atoms with Crippen molar-refractivity contribution in [1.29, 1.82) is 0 Å². The fraction of sp³-hybridized carbons (Fsp3) is 0.529. The number of anilines is 2. The van der Waals surface area contributed by atoms with Crippen molar-refractivity contribution in [3.63, 3.8) is 0 Å². The molecule has 0 atom stereocenters. The van der Waals surface area contributed by atoms with Crippen molar-refractivity contribution in [3.05, 3.63) is 40.7 Å². The fourth-order valence-corrected chi connectivity index (χ4v) is 3.05. The maximum Gasteiger partial charge on any atom is 0.280 e. The smallest absolute Gasteiger partial charge is 0.280 e. The number of rotatable bonds is 5. The Morgan fingerprint density at radius 2 is 2.00 bits per heavy atom. The van der Waals surface area contributed by atoms with Crippen molar-refractivity contribution < 1.29 is 8.78 Å². The average molecular weight is 364 g/mol. The summed E-state index contributed by atoms with van der Waals surface area (Å²) in [7, 11) is 3.80. The van der Waals surface area contributed by atoms with Crippen LogP contribution in [0.15, 0.2) is 29.5 Å². The molecule has 0 aliphatic carbocycles. The molecule has 1 aliphatic rings. The van der Waals surface area contributed by atoms with E-state index in [0.29, 0.717) is 18.4 Å². The van der Waals surface area contributed by atoms with E-state index in [1.807, 2.05) is 25.1 Å². The van der Waals surface area contributed by atoms with Crippen LogP contribution >= 0.6 is 0 Å². The quantitative estimate of drug-likeness (QED) is 0.808. The Labute approximate surface area is 150 Å². The summed E-state index contributed by atoms with van der Waals surface area (Å²) in [5.74, 6) is 1.86. The highest BCUT2D eigenvalue weighted by Gasteiger charge is 2.22. The zero-order valence-corrected chi connectivity index (χ0v) is 14.8. The molecular weight excluding hydrogens is 342 g/mol. The minimum Gasteiger partial charge on any atom is -0.356 e. The largest absolute Gasteiger partial charge is 0.356 e. The maximum absolute atomic E-state index is 12.6. The fourth-order valence-electron chi connectivity index (χ4n) is 3.05. The van der Waals surface area contributed by atoms with Crippen LogP contribution in [0.5, 0.6) is 0 Å². The second kappa shape index (κ2) is 7.76. The van der Waals surface area contributed by atoms with Crippen LogP contribution in [0.2, 0.25) is 0 Å². The third-order valence-electron chi connectivity index (χ3n) is 4.55. The Bertz CT molecular complexity index is 802. The van der Waals surface area contributed by atoms with Gasteiger partial charge < -0.3 is 9.80 Å². The molecule has 0 N–H and O–H groups in total. The van der Waals surface area contributed by atoms with Crippen LogP contribution in [-0.4, -0.2) is 46.7 Å². The minimum atomic E-state index is -2.72. The molecule has 1 fully saturated rings. The number of alkyl halides is 2. The van der Waals surface area contributed by atoms with Crippen LogP contribution in [0.4, 0.5) is 20.5 Å². The lowest BCUT2D eigenvalue weighted by Crippen LogP contribution is -2.37. The Kier molecular flexibility index (Phi) is 5.43. The second-order valence-corrected chi connectivity index (χ2v) is 6.64. The lowest BCUT2D eigenvalue weighted by Gasteiger charge is -2.33. The van der Waals surface area contributed by atoms with E-state index in [0.717, 1.165) is 37.8 Å². The molecule has 0 saturated carbocycles. The van der Waals surface area contributed by atoms with Gasteiger partial charge in [0, 0.05) is 46.0 Å². The van der Waals surface area contributed by atoms with Gasteiger partial charge in [-0.3, -0.25) is 9.36 Å². The standard InChI is InChI=1S/C17H22F2N6O/c1-23(2)17-20-6-3-14(22-17)24-7-4-12(5-8-24)10-25-11-21-13(16(18)19)9-15(25)26/h3,6,9,11-12,16H,4-5,7-8,10H2,1-2H3. The first-order valence-corrected chi connectivity index (χ1v) is 8.54. The van der Waals surface area contributed by atoms with Crippen LogP contribution in [-0.2, 0) is 6.54 Å². The molecule has 0 radical (unpaired) electrons. The molecule has 2 aromatic heterocycles.